The maximum absolute atomic E-state index is 10.8. The second-order valence-corrected chi connectivity index (χ2v) is 5.29. The summed E-state index contributed by atoms with van der Waals surface area (Å²) in [6, 6.07) is 0. The Morgan fingerprint density at radius 3 is 2.86 bits per heavy atom. The van der Waals surface area contributed by atoms with Gasteiger partial charge in [0.15, 0.2) is 0 Å². The molecule has 3 nitrogen and oxygen atoms in total. The van der Waals surface area contributed by atoms with E-state index >= 15 is 0 Å². The third-order valence-electron chi connectivity index (χ3n) is 2.24. The highest BCUT2D eigenvalue weighted by Gasteiger charge is 2.19. The maximum Gasteiger partial charge on any atom is 0.242 e. The third kappa shape index (κ3) is 3.70. The normalized spacial score (nSPS) is 23.1. The minimum atomic E-state index is -0.219. The molecule has 0 aromatic carbocycles. The van der Waals surface area contributed by atoms with Gasteiger partial charge in [0.05, 0.1) is 4.92 Å². The van der Waals surface area contributed by atoms with Crippen molar-refractivity contribution in [3.8, 4) is 0 Å². The molecule has 4 heteroatoms. The molecule has 0 aliphatic carbocycles. The van der Waals surface area contributed by atoms with E-state index < -0.39 is 0 Å². The highest BCUT2D eigenvalue weighted by atomic mass is 32.2. The Kier molecular flexibility index (Phi) is 4.45. The molecule has 1 aliphatic rings. The van der Waals surface area contributed by atoms with Crippen molar-refractivity contribution >= 4 is 11.8 Å². The Morgan fingerprint density at radius 2 is 2.43 bits per heavy atom. The van der Waals surface area contributed by atoms with Crippen molar-refractivity contribution in [2.45, 2.75) is 26.7 Å². The van der Waals surface area contributed by atoms with E-state index in [2.05, 4.69) is 0 Å². The first kappa shape index (κ1) is 11.6. The highest BCUT2D eigenvalue weighted by molar-refractivity contribution is 7.99. The summed E-state index contributed by atoms with van der Waals surface area (Å²) < 4.78 is 0. The van der Waals surface area contributed by atoms with E-state index in [0.717, 1.165) is 17.9 Å². The average molecular weight is 215 g/mol. The van der Waals surface area contributed by atoms with Crippen molar-refractivity contribution in [1.29, 1.82) is 0 Å². The van der Waals surface area contributed by atoms with Crippen LogP contribution in [-0.2, 0) is 0 Å². The van der Waals surface area contributed by atoms with Crippen LogP contribution in [-0.4, -0.2) is 16.4 Å². The summed E-state index contributed by atoms with van der Waals surface area (Å²) in [6.07, 6.45) is 3.56. The molecule has 1 unspecified atom stereocenters. The lowest BCUT2D eigenvalue weighted by molar-refractivity contribution is -0.429. The van der Waals surface area contributed by atoms with Crippen LogP contribution in [0.2, 0.25) is 0 Å². The topological polar surface area (TPSA) is 43.1 Å². The number of rotatable bonds is 4. The van der Waals surface area contributed by atoms with Gasteiger partial charge in [-0.3, -0.25) is 10.1 Å². The first-order valence-electron chi connectivity index (χ1n) is 5.02. The summed E-state index contributed by atoms with van der Waals surface area (Å²) >= 11 is 1.89. The van der Waals surface area contributed by atoms with Gasteiger partial charge in [-0.05, 0) is 35.8 Å². The molecule has 80 valence electrons. The molecule has 0 aromatic heterocycles. The van der Waals surface area contributed by atoms with E-state index in [1.54, 1.807) is 0 Å². The number of hydrogen-bond acceptors (Lipinski definition) is 3. The summed E-state index contributed by atoms with van der Waals surface area (Å²) in [5, 5.41) is 10.8. The standard InChI is InChI=1S/C10H17NO2S/c1-8(2)5-10(11(12)13)6-9-3-4-14-7-9/h6,8-9H,3-5,7H2,1-2H3. The molecule has 14 heavy (non-hydrogen) atoms. The van der Waals surface area contributed by atoms with Crippen molar-refractivity contribution in [1.82, 2.24) is 0 Å². The molecule has 1 fully saturated rings. The van der Waals surface area contributed by atoms with Gasteiger partial charge >= 0.3 is 0 Å². The van der Waals surface area contributed by atoms with Crippen LogP contribution in [0.25, 0.3) is 0 Å². The molecule has 1 rings (SSSR count). The average Bonchev–Trinajstić information content (AvgIpc) is 2.54. The van der Waals surface area contributed by atoms with Gasteiger partial charge in [-0.25, -0.2) is 0 Å². The first-order chi connectivity index (χ1) is 6.59. The maximum atomic E-state index is 10.8. The molecule has 0 aromatic rings. The van der Waals surface area contributed by atoms with Crippen molar-refractivity contribution in [2.24, 2.45) is 11.8 Å². The number of nitrogens with zero attached hydrogens (tertiary/aromatic N) is 1. The molecule has 1 aliphatic heterocycles. The largest absolute Gasteiger partial charge is 0.259 e. The van der Waals surface area contributed by atoms with Crippen LogP contribution in [0.15, 0.2) is 11.8 Å². The zero-order valence-electron chi connectivity index (χ0n) is 8.73. The highest BCUT2D eigenvalue weighted by Crippen LogP contribution is 2.26. The summed E-state index contributed by atoms with van der Waals surface area (Å²) in [5.41, 5.74) is 0.410. The molecule has 0 saturated carbocycles. The van der Waals surface area contributed by atoms with Crippen LogP contribution in [0, 0.1) is 22.0 Å². The van der Waals surface area contributed by atoms with E-state index in [4.69, 9.17) is 0 Å². The Bertz CT molecular complexity index is 232. The van der Waals surface area contributed by atoms with Crippen molar-refractivity contribution in [2.75, 3.05) is 11.5 Å². The van der Waals surface area contributed by atoms with E-state index in [1.807, 2.05) is 31.7 Å². The van der Waals surface area contributed by atoms with Crippen molar-refractivity contribution in [3.63, 3.8) is 0 Å². The molecular weight excluding hydrogens is 198 g/mol. The molecule has 1 heterocycles. The monoisotopic (exact) mass is 215 g/mol. The molecule has 0 N–H and O–H groups in total. The van der Waals surface area contributed by atoms with E-state index in [-0.39, 0.29) is 4.92 Å². The van der Waals surface area contributed by atoms with Gasteiger partial charge in [0, 0.05) is 6.42 Å². The van der Waals surface area contributed by atoms with Crippen molar-refractivity contribution < 1.29 is 4.92 Å². The lowest BCUT2D eigenvalue weighted by Crippen LogP contribution is -2.06. The predicted molar refractivity (Wildman–Crippen MR) is 60.0 cm³/mol. The fourth-order valence-corrected chi connectivity index (χ4v) is 2.78. The van der Waals surface area contributed by atoms with Gasteiger partial charge < -0.3 is 0 Å². The van der Waals surface area contributed by atoms with E-state index in [0.29, 0.717) is 24.0 Å². The second kappa shape index (κ2) is 5.39. The minimum Gasteiger partial charge on any atom is -0.259 e. The SMILES string of the molecule is CC(C)CC(=CC1CCSC1)[N+](=O)[O-]. The van der Waals surface area contributed by atoms with Gasteiger partial charge in [-0.1, -0.05) is 13.8 Å². The molecule has 0 amide bonds. The van der Waals surface area contributed by atoms with Crippen LogP contribution in [0.1, 0.15) is 26.7 Å². The van der Waals surface area contributed by atoms with Gasteiger partial charge in [0.25, 0.3) is 0 Å². The predicted octanol–water partition coefficient (Wildman–Crippen LogP) is 2.95. The zero-order chi connectivity index (χ0) is 10.6. The van der Waals surface area contributed by atoms with Gasteiger partial charge in [0.1, 0.15) is 0 Å². The van der Waals surface area contributed by atoms with E-state index in [1.165, 1.54) is 0 Å². The van der Waals surface area contributed by atoms with Gasteiger partial charge in [-0.2, -0.15) is 11.8 Å². The summed E-state index contributed by atoms with van der Waals surface area (Å²) in [4.78, 5) is 10.5. The molecule has 1 saturated heterocycles. The summed E-state index contributed by atoms with van der Waals surface area (Å²) in [6.45, 7) is 4.03. The summed E-state index contributed by atoms with van der Waals surface area (Å²) in [5.74, 6) is 2.99. The van der Waals surface area contributed by atoms with Crippen LogP contribution in [0.3, 0.4) is 0 Å². The Labute approximate surface area is 89.1 Å². The van der Waals surface area contributed by atoms with Crippen LogP contribution in [0.4, 0.5) is 0 Å². The van der Waals surface area contributed by atoms with Crippen molar-refractivity contribution in [3.05, 3.63) is 21.9 Å². The minimum absolute atomic E-state index is 0.219. The Balaban J connectivity index is 2.60. The fourth-order valence-electron chi connectivity index (χ4n) is 1.58. The molecule has 1 atom stereocenters. The van der Waals surface area contributed by atoms with E-state index in [9.17, 15) is 10.1 Å². The summed E-state index contributed by atoms with van der Waals surface area (Å²) in [7, 11) is 0. The second-order valence-electron chi connectivity index (χ2n) is 4.14. The first-order valence-corrected chi connectivity index (χ1v) is 6.18. The zero-order valence-corrected chi connectivity index (χ0v) is 9.55. The van der Waals surface area contributed by atoms with Gasteiger partial charge in [0.2, 0.25) is 5.70 Å². The molecular formula is C10H17NO2S. The van der Waals surface area contributed by atoms with Crippen LogP contribution >= 0.6 is 11.8 Å². The molecule has 0 spiro atoms. The number of thioether (sulfide) groups is 1. The number of hydrogen-bond donors (Lipinski definition) is 0. The Morgan fingerprint density at radius 1 is 1.71 bits per heavy atom. The quantitative estimate of drug-likeness (QED) is 0.535. The van der Waals surface area contributed by atoms with Crippen LogP contribution < -0.4 is 0 Å². The van der Waals surface area contributed by atoms with Crippen LogP contribution in [0.5, 0.6) is 0 Å². The van der Waals surface area contributed by atoms with Gasteiger partial charge in [-0.15, -0.1) is 0 Å². The smallest absolute Gasteiger partial charge is 0.242 e. The molecule has 0 radical (unpaired) electrons. The Hall–Kier alpha value is -0.510. The fraction of sp³-hybridized carbons (Fsp3) is 0.800. The molecule has 0 bridgehead atoms. The lowest BCUT2D eigenvalue weighted by Gasteiger charge is -2.04. The number of nitro groups is 1. The third-order valence-corrected chi connectivity index (χ3v) is 3.43. The number of allylic oxidation sites excluding steroid dienone is 2. The lowest BCUT2D eigenvalue weighted by atomic mass is 10.0.